The van der Waals surface area contributed by atoms with Crippen LogP contribution in [-0.4, -0.2) is 31.5 Å². The van der Waals surface area contributed by atoms with Crippen molar-refractivity contribution in [2.45, 2.75) is 44.0 Å². The van der Waals surface area contributed by atoms with Crippen molar-refractivity contribution in [1.82, 2.24) is 0 Å². The molecule has 1 aromatic carbocycles. The first-order valence-corrected chi connectivity index (χ1v) is 7.14. The minimum Gasteiger partial charge on any atom is -0.388 e. The van der Waals surface area contributed by atoms with E-state index in [0.717, 1.165) is 31.2 Å². The molecule has 112 valence electrons. The summed E-state index contributed by atoms with van der Waals surface area (Å²) in [6, 6.07) is 9.78. The third kappa shape index (κ3) is 5.45. The Morgan fingerprint density at radius 1 is 1.10 bits per heavy atom. The molecule has 0 bridgehead atoms. The predicted octanol–water partition coefficient (Wildman–Crippen LogP) is 3.50. The molecule has 0 aliphatic rings. The van der Waals surface area contributed by atoms with Gasteiger partial charge in [0.2, 0.25) is 0 Å². The summed E-state index contributed by atoms with van der Waals surface area (Å²) in [4.78, 5) is 0. The summed E-state index contributed by atoms with van der Waals surface area (Å²) in [5, 5.41) is 10.1. The van der Waals surface area contributed by atoms with Gasteiger partial charge in [0.05, 0.1) is 12.2 Å². The van der Waals surface area contributed by atoms with E-state index in [1.165, 1.54) is 0 Å². The highest BCUT2D eigenvalue weighted by molar-refractivity contribution is 5.16. The number of methoxy groups -OCH3 is 2. The first-order valence-electron chi connectivity index (χ1n) is 7.14. The molecule has 1 rings (SSSR count). The molecule has 0 fully saturated rings. The molecule has 0 aliphatic heterocycles. The summed E-state index contributed by atoms with van der Waals surface area (Å²) < 4.78 is 10.7. The lowest BCUT2D eigenvalue weighted by Gasteiger charge is -2.22. The summed E-state index contributed by atoms with van der Waals surface area (Å²) in [5.41, 5.74) is 0.983. The second-order valence-electron chi connectivity index (χ2n) is 4.92. The molecule has 0 heterocycles. The highest BCUT2D eigenvalue weighted by atomic mass is 16.5. The molecular formula is C17H26O3. The Balaban J connectivity index is 2.28. The molecule has 1 N–H and O–H groups in total. The molecule has 3 nitrogen and oxygen atoms in total. The summed E-state index contributed by atoms with van der Waals surface area (Å²) in [5.74, 6) is 0. The number of ether oxygens (including phenoxy) is 2. The number of benzene rings is 1. The van der Waals surface area contributed by atoms with Crippen LogP contribution in [0.15, 0.2) is 43.0 Å². The highest BCUT2D eigenvalue weighted by Gasteiger charge is 2.17. The molecule has 0 saturated heterocycles. The van der Waals surface area contributed by atoms with Crippen LogP contribution in [-0.2, 0) is 9.47 Å². The van der Waals surface area contributed by atoms with Gasteiger partial charge in [-0.3, -0.25) is 0 Å². The van der Waals surface area contributed by atoms with Gasteiger partial charge in [0.1, 0.15) is 6.10 Å². The van der Waals surface area contributed by atoms with E-state index in [-0.39, 0.29) is 18.3 Å². The van der Waals surface area contributed by atoms with Crippen molar-refractivity contribution in [2.24, 2.45) is 0 Å². The van der Waals surface area contributed by atoms with Crippen molar-refractivity contribution in [2.75, 3.05) is 14.2 Å². The Labute approximate surface area is 122 Å². The van der Waals surface area contributed by atoms with E-state index < -0.39 is 0 Å². The number of hydrogen-bond donors (Lipinski definition) is 1. The maximum absolute atomic E-state index is 10.1. The zero-order valence-electron chi connectivity index (χ0n) is 12.5. The van der Waals surface area contributed by atoms with Gasteiger partial charge in [-0.05, 0) is 18.4 Å². The number of aliphatic hydroxyl groups excluding tert-OH is 1. The second kappa shape index (κ2) is 9.70. The van der Waals surface area contributed by atoms with E-state index in [2.05, 4.69) is 6.58 Å². The van der Waals surface area contributed by atoms with Gasteiger partial charge in [-0.15, -0.1) is 6.58 Å². The fourth-order valence-electron chi connectivity index (χ4n) is 2.34. The van der Waals surface area contributed by atoms with Crippen LogP contribution in [0.25, 0.3) is 0 Å². The third-order valence-corrected chi connectivity index (χ3v) is 3.57. The number of aliphatic hydroxyl groups is 1. The molecule has 0 radical (unpaired) electrons. The molecule has 0 unspecified atom stereocenters. The van der Waals surface area contributed by atoms with E-state index in [4.69, 9.17) is 9.47 Å². The van der Waals surface area contributed by atoms with Crippen molar-refractivity contribution in [3.05, 3.63) is 48.6 Å². The molecular weight excluding hydrogens is 252 g/mol. The van der Waals surface area contributed by atoms with Crippen LogP contribution in [0, 0.1) is 0 Å². The second-order valence-corrected chi connectivity index (χ2v) is 4.92. The van der Waals surface area contributed by atoms with Crippen molar-refractivity contribution in [3.8, 4) is 0 Å². The summed E-state index contributed by atoms with van der Waals surface area (Å²) in [6.07, 6.45) is 4.99. The third-order valence-electron chi connectivity index (χ3n) is 3.57. The maximum atomic E-state index is 10.1. The van der Waals surface area contributed by atoms with Crippen LogP contribution in [0.2, 0.25) is 0 Å². The summed E-state index contributed by atoms with van der Waals surface area (Å²) in [6.45, 7) is 3.75. The van der Waals surface area contributed by atoms with E-state index in [9.17, 15) is 5.11 Å². The van der Waals surface area contributed by atoms with Crippen LogP contribution in [0.1, 0.15) is 37.4 Å². The first-order chi connectivity index (χ1) is 9.72. The van der Waals surface area contributed by atoms with Crippen molar-refractivity contribution in [3.63, 3.8) is 0 Å². The Kier molecular flexibility index (Phi) is 8.19. The van der Waals surface area contributed by atoms with Gasteiger partial charge in [0, 0.05) is 14.2 Å². The van der Waals surface area contributed by atoms with Gasteiger partial charge < -0.3 is 14.6 Å². The van der Waals surface area contributed by atoms with Crippen LogP contribution in [0.4, 0.5) is 0 Å². The molecule has 20 heavy (non-hydrogen) atoms. The first kappa shape index (κ1) is 16.9. The largest absolute Gasteiger partial charge is 0.388 e. The Morgan fingerprint density at radius 2 is 1.75 bits per heavy atom. The molecule has 0 spiro atoms. The molecule has 0 aromatic heterocycles. The van der Waals surface area contributed by atoms with Crippen molar-refractivity contribution in [1.29, 1.82) is 0 Å². The van der Waals surface area contributed by atoms with Crippen LogP contribution in [0.3, 0.4) is 0 Å². The van der Waals surface area contributed by atoms with E-state index in [0.29, 0.717) is 0 Å². The smallest absolute Gasteiger partial charge is 0.101 e. The van der Waals surface area contributed by atoms with E-state index in [1.54, 1.807) is 20.3 Å². The van der Waals surface area contributed by atoms with E-state index >= 15 is 0 Å². The van der Waals surface area contributed by atoms with Gasteiger partial charge in [-0.2, -0.15) is 0 Å². The van der Waals surface area contributed by atoms with Crippen molar-refractivity contribution >= 4 is 0 Å². The average molecular weight is 278 g/mol. The van der Waals surface area contributed by atoms with Crippen molar-refractivity contribution < 1.29 is 14.6 Å². The number of hydrogen-bond acceptors (Lipinski definition) is 3. The van der Waals surface area contributed by atoms with Gasteiger partial charge in [0.15, 0.2) is 0 Å². The minimum atomic E-state index is -0.380. The van der Waals surface area contributed by atoms with Gasteiger partial charge >= 0.3 is 0 Å². The Bertz CT molecular complexity index is 364. The SMILES string of the molecule is C=C[C@@H](OC)[C@H](CCCC[C@H](O)c1ccccc1)OC. The lowest BCUT2D eigenvalue weighted by Crippen LogP contribution is -2.27. The highest BCUT2D eigenvalue weighted by Crippen LogP contribution is 2.20. The molecule has 0 aliphatic carbocycles. The minimum absolute atomic E-state index is 0.0337. The normalized spacial score (nSPS) is 15.6. The Hall–Kier alpha value is -1.16. The molecule has 0 amide bonds. The number of rotatable bonds is 10. The monoisotopic (exact) mass is 278 g/mol. The summed E-state index contributed by atoms with van der Waals surface area (Å²) in [7, 11) is 3.36. The lowest BCUT2D eigenvalue weighted by atomic mass is 10.0. The molecule has 0 saturated carbocycles. The van der Waals surface area contributed by atoms with Gasteiger partial charge in [-0.25, -0.2) is 0 Å². The van der Waals surface area contributed by atoms with E-state index in [1.807, 2.05) is 30.3 Å². The summed E-state index contributed by atoms with van der Waals surface area (Å²) >= 11 is 0. The van der Waals surface area contributed by atoms with Crippen LogP contribution < -0.4 is 0 Å². The van der Waals surface area contributed by atoms with Crippen LogP contribution in [0.5, 0.6) is 0 Å². The zero-order valence-corrected chi connectivity index (χ0v) is 12.5. The maximum Gasteiger partial charge on any atom is 0.101 e. The Morgan fingerprint density at radius 3 is 2.30 bits per heavy atom. The molecule has 1 aromatic rings. The molecule has 3 atom stereocenters. The lowest BCUT2D eigenvalue weighted by molar-refractivity contribution is -0.0167. The standard InChI is InChI=1S/C17H26O3/c1-4-16(19-2)17(20-3)13-9-8-12-15(18)14-10-6-5-7-11-14/h4-7,10-11,15-18H,1,8-9,12-13H2,2-3H3/t15-,16+,17-/m0/s1. The predicted molar refractivity (Wildman–Crippen MR) is 81.7 cm³/mol. The van der Waals surface area contributed by atoms with Gasteiger partial charge in [0.25, 0.3) is 0 Å². The van der Waals surface area contributed by atoms with Gasteiger partial charge in [-0.1, -0.05) is 49.2 Å². The topological polar surface area (TPSA) is 38.7 Å². The molecule has 3 heteroatoms. The zero-order chi connectivity index (χ0) is 14.8. The number of unbranched alkanes of at least 4 members (excludes halogenated alkanes) is 1. The fourth-order valence-corrected chi connectivity index (χ4v) is 2.34. The fraction of sp³-hybridized carbons (Fsp3) is 0.529. The quantitative estimate of drug-likeness (QED) is 0.526. The van der Waals surface area contributed by atoms with Crippen LogP contribution >= 0.6 is 0 Å². The average Bonchev–Trinajstić information content (AvgIpc) is 2.51.